The van der Waals surface area contributed by atoms with E-state index in [-0.39, 0.29) is 29.7 Å². The zero-order valence-corrected chi connectivity index (χ0v) is 20.9. The number of nitrogens with one attached hydrogen (secondary N) is 1. The first-order valence-electron chi connectivity index (χ1n) is 12.3. The Morgan fingerprint density at radius 3 is 2.28 bits per heavy atom. The number of primary amides is 1. The number of ether oxygens (including phenoxy) is 2. The third-order valence-corrected chi connectivity index (χ3v) is 7.09. The molecule has 1 unspecified atom stereocenters. The Kier molecular flexibility index (Phi) is 8.10. The van der Waals surface area contributed by atoms with E-state index in [0.717, 1.165) is 30.6 Å². The summed E-state index contributed by atoms with van der Waals surface area (Å²) in [5.41, 5.74) is 7.77. The molecule has 2 aliphatic rings. The van der Waals surface area contributed by atoms with Crippen molar-refractivity contribution in [3.05, 3.63) is 53.6 Å². The van der Waals surface area contributed by atoms with E-state index in [4.69, 9.17) is 15.2 Å². The summed E-state index contributed by atoms with van der Waals surface area (Å²) in [6.45, 7) is 2.35. The highest BCUT2D eigenvalue weighted by Crippen LogP contribution is 2.27. The molecule has 2 aromatic rings. The predicted octanol–water partition coefficient (Wildman–Crippen LogP) is 2.64. The molecule has 36 heavy (non-hydrogen) atoms. The van der Waals surface area contributed by atoms with Crippen molar-refractivity contribution in [2.75, 3.05) is 39.2 Å². The van der Waals surface area contributed by atoms with Crippen LogP contribution in [0.3, 0.4) is 0 Å². The number of carbonyl (C=O) groups is 3. The minimum Gasteiger partial charge on any atom is -0.497 e. The van der Waals surface area contributed by atoms with E-state index in [1.807, 2.05) is 24.3 Å². The number of carbonyl (C=O) groups excluding carboxylic acids is 3. The van der Waals surface area contributed by atoms with Crippen LogP contribution < -0.4 is 20.5 Å². The molecule has 2 heterocycles. The van der Waals surface area contributed by atoms with Gasteiger partial charge in [-0.15, -0.1) is 0 Å². The van der Waals surface area contributed by atoms with Gasteiger partial charge >= 0.3 is 0 Å². The lowest BCUT2D eigenvalue weighted by molar-refractivity contribution is -0.122. The van der Waals surface area contributed by atoms with Crippen LogP contribution in [0.5, 0.6) is 11.5 Å². The summed E-state index contributed by atoms with van der Waals surface area (Å²) >= 11 is 0. The monoisotopic (exact) mass is 494 g/mol. The first-order chi connectivity index (χ1) is 17.4. The lowest BCUT2D eigenvalue weighted by Crippen LogP contribution is -2.41. The topological polar surface area (TPSA) is 114 Å². The molecule has 3 N–H and O–H groups in total. The highest BCUT2D eigenvalue weighted by molar-refractivity contribution is 5.96. The smallest absolute Gasteiger partial charge is 0.254 e. The molecule has 0 saturated carbocycles. The zero-order valence-electron chi connectivity index (χ0n) is 20.9. The minimum atomic E-state index is -0.303. The van der Waals surface area contributed by atoms with Crippen molar-refractivity contribution in [2.45, 2.75) is 38.3 Å². The van der Waals surface area contributed by atoms with Crippen molar-refractivity contribution in [2.24, 2.45) is 11.7 Å². The second-order valence-corrected chi connectivity index (χ2v) is 9.35. The number of methoxy groups -OCH3 is 2. The summed E-state index contributed by atoms with van der Waals surface area (Å²) in [6.07, 6.45) is 2.86. The van der Waals surface area contributed by atoms with Crippen molar-refractivity contribution in [3.63, 3.8) is 0 Å². The Bertz CT molecular complexity index is 1090. The Hall–Kier alpha value is -3.59. The summed E-state index contributed by atoms with van der Waals surface area (Å²) in [6, 6.07) is 12.5. The predicted molar refractivity (Wildman–Crippen MR) is 136 cm³/mol. The molecule has 192 valence electrons. The van der Waals surface area contributed by atoms with Crippen molar-refractivity contribution in [3.8, 4) is 11.5 Å². The molecule has 0 spiro atoms. The van der Waals surface area contributed by atoms with Gasteiger partial charge in [0, 0.05) is 42.9 Å². The number of piperidine rings is 1. The van der Waals surface area contributed by atoms with Gasteiger partial charge in [-0.3, -0.25) is 19.3 Å². The van der Waals surface area contributed by atoms with Crippen LogP contribution in [0, 0.1) is 5.92 Å². The standard InChI is InChI=1S/C27H34N4O5/c1-35-21-14-20(15-22(16-21)36-2)27(34)30-12-9-18(10-13-30)26(33)29-23-7-4-3-6-19(23)17-31-11-5-8-24(31)25(28)32/h3-4,6-7,14-16,18,24H,5,8-13,17H2,1-2H3,(H2,28,32)(H,29,33). The summed E-state index contributed by atoms with van der Waals surface area (Å²) < 4.78 is 10.6. The number of hydrogen-bond donors (Lipinski definition) is 2. The van der Waals surface area contributed by atoms with Crippen molar-refractivity contribution < 1.29 is 23.9 Å². The largest absolute Gasteiger partial charge is 0.497 e. The number of benzene rings is 2. The number of nitrogens with zero attached hydrogens (tertiary/aromatic N) is 2. The van der Waals surface area contributed by atoms with E-state index in [9.17, 15) is 14.4 Å². The van der Waals surface area contributed by atoms with Crippen molar-refractivity contribution >= 4 is 23.4 Å². The SMILES string of the molecule is COc1cc(OC)cc(C(=O)N2CCC(C(=O)Nc3ccccc3CN3CCCC3C(N)=O)CC2)c1. The van der Waals surface area contributed by atoms with Crippen molar-refractivity contribution in [1.29, 1.82) is 0 Å². The molecule has 2 aliphatic heterocycles. The molecule has 0 aromatic heterocycles. The first-order valence-corrected chi connectivity index (χ1v) is 12.3. The minimum absolute atomic E-state index is 0.0505. The Balaban J connectivity index is 1.36. The summed E-state index contributed by atoms with van der Waals surface area (Å²) in [4.78, 5) is 41.8. The van der Waals surface area contributed by atoms with Gasteiger partial charge in [-0.1, -0.05) is 18.2 Å². The number of rotatable bonds is 8. The highest BCUT2D eigenvalue weighted by Gasteiger charge is 2.31. The molecule has 2 aromatic carbocycles. The molecule has 0 radical (unpaired) electrons. The maximum atomic E-state index is 13.1. The van der Waals surface area contributed by atoms with Crippen LogP contribution in [0.1, 0.15) is 41.6 Å². The van der Waals surface area contributed by atoms with E-state index >= 15 is 0 Å². The second kappa shape index (κ2) is 11.4. The summed E-state index contributed by atoms with van der Waals surface area (Å²) in [5, 5.41) is 3.09. The van der Waals surface area contributed by atoms with Crippen LogP contribution in [0.15, 0.2) is 42.5 Å². The molecular weight excluding hydrogens is 460 g/mol. The van der Waals surface area contributed by atoms with E-state index in [1.165, 1.54) is 0 Å². The number of nitrogens with two attached hydrogens (primary N) is 1. The molecule has 1 atom stereocenters. The lowest BCUT2D eigenvalue weighted by atomic mass is 9.95. The van der Waals surface area contributed by atoms with E-state index in [1.54, 1.807) is 37.3 Å². The van der Waals surface area contributed by atoms with Gasteiger partial charge in [-0.05, 0) is 56.0 Å². The normalized spacial score (nSPS) is 18.6. The highest BCUT2D eigenvalue weighted by atomic mass is 16.5. The van der Waals surface area contributed by atoms with Crippen LogP contribution in [-0.2, 0) is 16.1 Å². The van der Waals surface area contributed by atoms with E-state index in [2.05, 4.69) is 10.2 Å². The molecule has 9 nitrogen and oxygen atoms in total. The average molecular weight is 495 g/mol. The third-order valence-electron chi connectivity index (χ3n) is 7.09. The molecule has 3 amide bonds. The Morgan fingerprint density at radius 2 is 1.64 bits per heavy atom. The van der Waals surface area contributed by atoms with Gasteiger partial charge in [0.25, 0.3) is 5.91 Å². The molecule has 0 bridgehead atoms. The number of likely N-dealkylation sites (tertiary alicyclic amines) is 2. The van der Waals surface area contributed by atoms with Gasteiger partial charge in [0.05, 0.1) is 20.3 Å². The van der Waals surface area contributed by atoms with E-state index < -0.39 is 0 Å². The molecule has 0 aliphatic carbocycles. The van der Waals surface area contributed by atoms with Gasteiger partial charge in [0.1, 0.15) is 11.5 Å². The van der Waals surface area contributed by atoms with Gasteiger partial charge in [-0.2, -0.15) is 0 Å². The van der Waals surface area contributed by atoms with Gasteiger partial charge in [0.2, 0.25) is 11.8 Å². The molecule has 2 saturated heterocycles. The van der Waals surface area contributed by atoms with Crippen molar-refractivity contribution in [1.82, 2.24) is 9.80 Å². The molecule has 4 rings (SSSR count). The fourth-order valence-corrected chi connectivity index (χ4v) is 5.03. The molecule has 9 heteroatoms. The number of hydrogen-bond acceptors (Lipinski definition) is 6. The Labute approximate surface area is 211 Å². The van der Waals surface area contributed by atoms with Gasteiger partial charge in [0.15, 0.2) is 0 Å². The Morgan fingerprint density at radius 1 is 0.972 bits per heavy atom. The number of amides is 3. The maximum Gasteiger partial charge on any atom is 0.254 e. The quantitative estimate of drug-likeness (QED) is 0.583. The summed E-state index contributed by atoms with van der Waals surface area (Å²) in [7, 11) is 3.10. The van der Waals surface area contributed by atoms with Crippen LogP contribution in [0.4, 0.5) is 5.69 Å². The zero-order chi connectivity index (χ0) is 25.7. The fraction of sp³-hybridized carbons (Fsp3) is 0.444. The van der Waals surface area contributed by atoms with Crippen LogP contribution in [-0.4, -0.2) is 67.4 Å². The van der Waals surface area contributed by atoms with E-state index in [0.29, 0.717) is 49.5 Å². The van der Waals surface area contributed by atoms with Crippen LogP contribution in [0.25, 0.3) is 0 Å². The summed E-state index contributed by atoms with van der Waals surface area (Å²) in [5.74, 6) is 0.467. The first kappa shape index (κ1) is 25.5. The molecular formula is C27H34N4O5. The van der Waals surface area contributed by atoms with Crippen LogP contribution >= 0.6 is 0 Å². The second-order valence-electron chi connectivity index (χ2n) is 9.35. The third kappa shape index (κ3) is 5.79. The van der Waals surface area contributed by atoms with Crippen LogP contribution in [0.2, 0.25) is 0 Å². The number of para-hydroxylation sites is 1. The maximum absolute atomic E-state index is 13.1. The fourth-order valence-electron chi connectivity index (χ4n) is 5.03. The average Bonchev–Trinajstić information content (AvgIpc) is 3.37. The van der Waals surface area contributed by atoms with Gasteiger partial charge in [-0.25, -0.2) is 0 Å². The van der Waals surface area contributed by atoms with Gasteiger partial charge < -0.3 is 25.4 Å². The lowest BCUT2D eigenvalue weighted by Gasteiger charge is -2.31. The number of anilines is 1. The molecule has 2 fully saturated rings.